The van der Waals surface area contributed by atoms with Gasteiger partial charge in [-0.2, -0.15) is 0 Å². The Morgan fingerprint density at radius 2 is 0.855 bits per heavy atom. The number of esters is 2. The average Bonchev–Trinajstić information content (AvgIpc) is 3.50. The van der Waals surface area contributed by atoms with Crippen molar-refractivity contribution in [1.29, 1.82) is 0 Å². The minimum Gasteiger partial charge on any atom is -0.451 e. The molecule has 3 aliphatic rings. The fourth-order valence-electron chi connectivity index (χ4n) is 9.73. The Hall–Kier alpha value is -3.98. The lowest BCUT2D eigenvalue weighted by Crippen LogP contribution is -2.88. The van der Waals surface area contributed by atoms with Crippen LogP contribution in [0.15, 0.2) is 97.1 Å². The van der Waals surface area contributed by atoms with Crippen molar-refractivity contribution >= 4 is 11.9 Å². The molecule has 12 heteroatoms. The van der Waals surface area contributed by atoms with E-state index in [4.69, 9.17) is 47.4 Å². The summed E-state index contributed by atoms with van der Waals surface area (Å²) in [6.07, 6.45) is 4.72. The standard InChI is InChI=1S/C43H54O12/c1-27(2)35(44)54-33-23-25-39(48-9,42(50-11,51-12)37(33,5)46-7)41(31-21-17-15-19-29(31)30-20-16-18-22-32(30)41)40(49-10)26-24-34(55-36(45)28(3)4)38(6,47-8)43(40,52-13)53-14/h15-26,33-34H,1,3H2,2,4-14H3. The zero-order valence-electron chi connectivity index (χ0n) is 33.9. The highest BCUT2D eigenvalue weighted by Crippen LogP contribution is 2.71. The van der Waals surface area contributed by atoms with Gasteiger partial charge in [-0.1, -0.05) is 61.7 Å². The summed E-state index contributed by atoms with van der Waals surface area (Å²) in [6.45, 7) is 14.1. The van der Waals surface area contributed by atoms with Crippen LogP contribution in [0.2, 0.25) is 0 Å². The zero-order valence-corrected chi connectivity index (χ0v) is 33.9. The van der Waals surface area contributed by atoms with Crippen LogP contribution in [0.25, 0.3) is 11.1 Å². The first-order chi connectivity index (χ1) is 26.1. The lowest BCUT2D eigenvalue weighted by atomic mass is 9.46. The minimum atomic E-state index is -2.01. The second kappa shape index (κ2) is 14.8. The van der Waals surface area contributed by atoms with Crippen molar-refractivity contribution in [3.63, 3.8) is 0 Å². The highest BCUT2D eigenvalue weighted by molar-refractivity contribution is 5.88. The van der Waals surface area contributed by atoms with Crippen molar-refractivity contribution in [2.75, 3.05) is 56.9 Å². The highest BCUT2D eigenvalue weighted by Gasteiger charge is 2.87. The average molecular weight is 763 g/mol. The Labute approximate surface area is 323 Å². The van der Waals surface area contributed by atoms with Gasteiger partial charge in [0.25, 0.3) is 0 Å². The van der Waals surface area contributed by atoms with E-state index in [1.165, 1.54) is 56.9 Å². The molecule has 0 amide bonds. The second-order valence-corrected chi connectivity index (χ2v) is 14.3. The number of fused-ring (bicyclic) bond motifs is 3. The molecule has 2 aromatic rings. The second-order valence-electron chi connectivity index (χ2n) is 14.3. The maximum absolute atomic E-state index is 13.2. The molecule has 0 aromatic heterocycles. The molecule has 55 heavy (non-hydrogen) atoms. The first-order valence-corrected chi connectivity index (χ1v) is 17.8. The number of ether oxygens (including phenoxy) is 10. The monoisotopic (exact) mass is 762 g/mol. The molecule has 0 N–H and O–H groups in total. The predicted octanol–water partition coefficient (Wildman–Crippen LogP) is 5.63. The van der Waals surface area contributed by atoms with E-state index in [0.717, 1.165) is 11.1 Å². The number of carbonyl (C=O) groups excluding carboxylic acids is 2. The van der Waals surface area contributed by atoms with E-state index in [1.54, 1.807) is 52.0 Å². The van der Waals surface area contributed by atoms with E-state index in [9.17, 15) is 9.59 Å². The molecule has 0 saturated carbocycles. The Morgan fingerprint density at radius 3 is 1.13 bits per heavy atom. The molecule has 6 unspecified atom stereocenters. The highest BCUT2D eigenvalue weighted by atomic mass is 16.8. The van der Waals surface area contributed by atoms with Crippen molar-refractivity contribution in [2.24, 2.45) is 0 Å². The summed E-state index contributed by atoms with van der Waals surface area (Å²) in [5, 5.41) is 0. The number of hydrogen-bond donors (Lipinski definition) is 0. The summed E-state index contributed by atoms with van der Waals surface area (Å²) in [7, 11) is 11.9. The lowest BCUT2D eigenvalue weighted by molar-refractivity contribution is -0.426. The number of hydrogen-bond acceptors (Lipinski definition) is 12. The van der Waals surface area contributed by atoms with Crippen LogP contribution in [0.3, 0.4) is 0 Å². The molecule has 0 saturated heterocycles. The largest absolute Gasteiger partial charge is 0.451 e. The summed E-state index contributed by atoms with van der Waals surface area (Å²) in [6, 6.07) is 15.7. The van der Waals surface area contributed by atoms with Crippen molar-refractivity contribution < 1.29 is 57.0 Å². The van der Waals surface area contributed by atoms with Gasteiger partial charge in [0.2, 0.25) is 11.6 Å². The predicted molar refractivity (Wildman–Crippen MR) is 204 cm³/mol. The number of rotatable bonds is 14. The molecule has 298 valence electrons. The summed E-state index contributed by atoms with van der Waals surface area (Å²) < 4.78 is 65.7. The number of methoxy groups -OCH3 is 8. The first-order valence-electron chi connectivity index (χ1n) is 17.8. The van der Waals surface area contributed by atoms with Gasteiger partial charge in [-0.3, -0.25) is 0 Å². The summed E-state index contributed by atoms with van der Waals surface area (Å²) >= 11 is 0. The maximum atomic E-state index is 13.2. The van der Waals surface area contributed by atoms with Gasteiger partial charge in [-0.05, 0) is 74.3 Å². The van der Waals surface area contributed by atoms with Crippen LogP contribution in [0, 0.1) is 0 Å². The summed E-state index contributed by atoms with van der Waals surface area (Å²) in [4.78, 5) is 26.4. The van der Waals surface area contributed by atoms with E-state index in [1.807, 2.05) is 48.5 Å². The molecule has 5 rings (SSSR count). The van der Waals surface area contributed by atoms with E-state index in [-0.39, 0.29) is 11.1 Å². The quantitative estimate of drug-likeness (QED) is 0.103. The smallest absolute Gasteiger partial charge is 0.333 e. The van der Waals surface area contributed by atoms with Gasteiger partial charge in [0.05, 0.1) is 5.41 Å². The van der Waals surface area contributed by atoms with Crippen LogP contribution in [0.1, 0.15) is 38.8 Å². The van der Waals surface area contributed by atoms with Crippen LogP contribution in [-0.4, -0.2) is 115 Å². The molecular weight excluding hydrogens is 708 g/mol. The third-order valence-corrected chi connectivity index (χ3v) is 12.3. The van der Waals surface area contributed by atoms with Gasteiger partial charge in [-0.25, -0.2) is 9.59 Å². The molecule has 12 nitrogen and oxygen atoms in total. The van der Waals surface area contributed by atoms with Crippen LogP contribution in [-0.2, 0) is 62.4 Å². The van der Waals surface area contributed by atoms with Gasteiger partial charge in [-0.15, -0.1) is 0 Å². The molecule has 2 aromatic carbocycles. The normalized spacial score (nSPS) is 30.9. The molecule has 6 atom stereocenters. The van der Waals surface area contributed by atoms with Gasteiger partial charge in [0, 0.05) is 68.0 Å². The number of benzene rings is 2. The molecule has 3 aliphatic carbocycles. The molecule has 0 bridgehead atoms. The third kappa shape index (κ3) is 4.99. The number of carbonyl (C=O) groups is 2. The first kappa shape index (κ1) is 42.2. The summed E-state index contributed by atoms with van der Waals surface area (Å²) in [5.74, 6) is -5.32. The van der Waals surface area contributed by atoms with Crippen LogP contribution < -0.4 is 0 Å². The minimum absolute atomic E-state index is 0.183. The van der Waals surface area contributed by atoms with E-state index < -0.39 is 63.5 Å². The Balaban J connectivity index is 2.11. The molecule has 0 fully saturated rings. The molecule has 0 spiro atoms. The molecular formula is C43H54O12. The van der Waals surface area contributed by atoms with Gasteiger partial charge < -0.3 is 47.4 Å². The fraction of sp³-hybridized carbons (Fsp3) is 0.488. The van der Waals surface area contributed by atoms with Gasteiger partial charge in [0.1, 0.15) is 0 Å². The third-order valence-electron chi connectivity index (χ3n) is 12.3. The summed E-state index contributed by atoms with van der Waals surface area (Å²) in [5.41, 5.74) is -5.34. The van der Waals surface area contributed by atoms with Crippen LogP contribution in [0.4, 0.5) is 0 Å². The van der Waals surface area contributed by atoms with Crippen LogP contribution >= 0.6 is 0 Å². The topological polar surface area (TPSA) is 126 Å². The SMILES string of the molecule is C=C(C)C(=O)OC1C=CC(OC)(C2(C3(OC)C=CC(OC(=O)C(=C)C)C(C)(OC)C3(OC)OC)c3ccccc3-c3ccccc32)C(OC)(OC)C1(C)OC. The molecule has 0 radical (unpaired) electrons. The molecule has 0 aliphatic heterocycles. The Kier molecular flexibility index (Phi) is 11.4. The lowest BCUT2D eigenvalue weighted by Gasteiger charge is -2.70. The van der Waals surface area contributed by atoms with Crippen molar-refractivity contribution in [2.45, 2.75) is 79.3 Å². The van der Waals surface area contributed by atoms with E-state index in [2.05, 4.69) is 13.2 Å². The van der Waals surface area contributed by atoms with Crippen molar-refractivity contribution in [3.05, 3.63) is 108 Å². The van der Waals surface area contributed by atoms with Crippen molar-refractivity contribution in [3.8, 4) is 11.1 Å². The van der Waals surface area contributed by atoms with E-state index in [0.29, 0.717) is 11.1 Å². The van der Waals surface area contributed by atoms with E-state index >= 15 is 0 Å². The van der Waals surface area contributed by atoms with Crippen molar-refractivity contribution in [1.82, 2.24) is 0 Å². The zero-order chi connectivity index (χ0) is 40.8. The van der Waals surface area contributed by atoms with Crippen LogP contribution in [0.5, 0.6) is 0 Å². The fourth-order valence-corrected chi connectivity index (χ4v) is 9.73. The Morgan fingerprint density at radius 1 is 0.527 bits per heavy atom. The molecule has 0 heterocycles. The maximum Gasteiger partial charge on any atom is 0.333 e. The van der Waals surface area contributed by atoms with Gasteiger partial charge in [0.15, 0.2) is 34.6 Å². The Bertz CT molecular complexity index is 1760. The van der Waals surface area contributed by atoms with Gasteiger partial charge >= 0.3 is 11.9 Å².